The van der Waals surface area contributed by atoms with E-state index in [1.807, 2.05) is 75.4 Å². The van der Waals surface area contributed by atoms with Crippen LogP contribution in [0, 0.1) is 0 Å². The summed E-state index contributed by atoms with van der Waals surface area (Å²) in [5.74, 6) is -0.291. The Kier molecular flexibility index (Phi) is 6.38. The number of anilines is 1. The fourth-order valence-electron chi connectivity index (χ4n) is 4.96. The Balaban J connectivity index is 1.82. The van der Waals surface area contributed by atoms with Crippen molar-refractivity contribution in [1.29, 1.82) is 0 Å². The third kappa shape index (κ3) is 4.31. The molecule has 0 radical (unpaired) electrons. The summed E-state index contributed by atoms with van der Waals surface area (Å²) in [4.78, 5) is 28.6. The number of rotatable bonds is 3. The first-order chi connectivity index (χ1) is 15.3. The van der Waals surface area contributed by atoms with Gasteiger partial charge in [-0.15, -0.1) is 0 Å². The molecule has 1 fully saturated rings. The Labute approximate surface area is 191 Å². The lowest BCUT2D eigenvalue weighted by atomic mass is 9.82. The molecule has 1 atom stereocenters. The van der Waals surface area contributed by atoms with Gasteiger partial charge in [0, 0.05) is 11.6 Å². The van der Waals surface area contributed by atoms with Gasteiger partial charge in [-0.2, -0.15) is 0 Å². The standard InChI is InChI=1S/C27H34N2O3/c1-26(2,3)32-25(31)29-23-19-13-12-18-22(23)27(24(29)30,20-14-8-7-9-15-20)28-21-16-10-5-4-6-11-17-21/h7-9,12-15,18-19,21,28H,4-6,10-11,16-17H2,1-3H3/t27-/m1/s1. The first-order valence-corrected chi connectivity index (χ1v) is 11.8. The van der Waals surface area contributed by atoms with Crippen LogP contribution in [-0.2, 0) is 15.1 Å². The third-order valence-electron chi connectivity index (χ3n) is 6.38. The van der Waals surface area contributed by atoms with Crippen molar-refractivity contribution in [2.24, 2.45) is 0 Å². The molecule has 2 aromatic rings. The summed E-state index contributed by atoms with van der Waals surface area (Å²) in [6.45, 7) is 5.44. The highest BCUT2D eigenvalue weighted by molar-refractivity contribution is 6.22. The summed E-state index contributed by atoms with van der Waals surface area (Å²) in [7, 11) is 0. The molecule has 32 heavy (non-hydrogen) atoms. The van der Waals surface area contributed by atoms with Gasteiger partial charge in [0.1, 0.15) is 5.60 Å². The van der Waals surface area contributed by atoms with E-state index in [1.165, 1.54) is 24.2 Å². The number of para-hydroxylation sites is 1. The molecule has 1 aliphatic carbocycles. The first kappa shape index (κ1) is 22.5. The fourth-order valence-corrected chi connectivity index (χ4v) is 4.96. The average molecular weight is 435 g/mol. The maximum Gasteiger partial charge on any atom is 0.421 e. The van der Waals surface area contributed by atoms with Crippen LogP contribution in [0.2, 0.25) is 0 Å². The molecule has 1 heterocycles. The van der Waals surface area contributed by atoms with Gasteiger partial charge >= 0.3 is 6.09 Å². The maximum atomic E-state index is 14.2. The first-order valence-electron chi connectivity index (χ1n) is 11.8. The zero-order valence-corrected chi connectivity index (χ0v) is 19.4. The van der Waals surface area contributed by atoms with E-state index in [0.29, 0.717) is 5.69 Å². The number of nitrogens with one attached hydrogen (secondary N) is 1. The molecule has 0 unspecified atom stereocenters. The highest BCUT2D eigenvalue weighted by Gasteiger charge is 2.55. The SMILES string of the molecule is CC(C)(C)OC(=O)N1C(=O)[C@@](NC2CCCCCCC2)(c2ccccc2)c2ccccc21. The Morgan fingerprint density at radius 3 is 2.19 bits per heavy atom. The second kappa shape index (κ2) is 9.07. The molecule has 0 aromatic heterocycles. The van der Waals surface area contributed by atoms with Gasteiger partial charge in [-0.3, -0.25) is 10.1 Å². The summed E-state index contributed by atoms with van der Waals surface area (Å²) in [6, 6.07) is 17.6. The molecule has 0 saturated heterocycles. The monoisotopic (exact) mass is 434 g/mol. The quantitative estimate of drug-likeness (QED) is 0.652. The highest BCUT2D eigenvalue weighted by atomic mass is 16.6. The minimum Gasteiger partial charge on any atom is -0.443 e. The predicted octanol–water partition coefficient (Wildman–Crippen LogP) is 5.91. The summed E-state index contributed by atoms with van der Waals surface area (Å²) in [5, 5.41) is 3.77. The van der Waals surface area contributed by atoms with E-state index in [4.69, 9.17) is 4.74 Å². The zero-order chi connectivity index (χ0) is 22.8. The third-order valence-corrected chi connectivity index (χ3v) is 6.38. The number of carbonyl (C=O) groups excluding carboxylic acids is 2. The fraction of sp³-hybridized carbons (Fsp3) is 0.481. The molecule has 2 amide bonds. The lowest BCUT2D eigenvalue weighted by molar-refractivity contribution is -0.123. The van der Waals surface area contributed by atoms with Crippen LogP contribution in [0.15, 0.2) is 54.6 Å². The van der Waals surface area contributed by atoms with Crippen molar-refractivity contribution in [3.05, 3.63) is 65.7 Å². The maximum absolute atomic E-state index is 14.2. The molecular formula is C27H34N2O3. The second-order valence-corrected chi connectivity index (χ2v) is 9.94. The summed E-state index contributed by atoms with van der Waals surface area (Å²) in [6.07, 6.45) is 7.45. The van der Waals surface area contributed by atoms with Crippen LogP contribution in [0.4, 0.5) is 10.5 Å². The van der Waals surface area contributed by atoms with Gasteiger partial charge in [0.05, 0.1) is 5.69 Å². The van der Waals surface area contributed by atoms with Gasteiger partial charge in [-0.1, -0.05) is 80.6 Å². The molecule has 0 spiro atoms. The van der Waals surface area contributed by atoms with Gasteiger partial charge in [-0.25, -0.2) is 9.69 Å². The predicted molar refractivity (Wildman–Crippen MR) is 127 cm³/mol. The van der Waals surface area contributed by atoms with Gasteiger partial charge in [0.15, 0.2) is 5.54 Å². The molecule has 1 saturated carbocycles. The molecule has 0 bridgehead atoms. The minimum atomic E-state index is -1.11. The Hall–Kier alpha value is -2.66. The van der Waals surface area contributed by atoms with Crippen molar-refractivity contribution in [2.75, 3.05) is 4.90 Å². The molecule has 1 aliphatic heterocycles. The van der Waals surface area contributed by atoms with E-state index in [2.05, 4.69) is 5.32 Å². The normalized spacial score (nSPS) is 22.2. The molecule has 170 valence electrons. The van der Waals surface area contributed by atoms with E-state index in [-0.39, 0.29) is 11.9 Å². The summed E-state index contributed by atoms with van der Waals surface area (Å²) >= 11 is 0. The van der Waals surface area contributed by atoms with Crippen LogP contribution in [0.3, 0.4) is 0 Å². The van der Waals surface area contributed by atoms with Crippen molar-refractivity contribution < 1.29 is 14.3 Å². The van der Waals surface area contributed by atoms with Crippen LogP contribution in [0.5, 0.6) is 0 Å². The van der Waals surface area contributed by atoms with Crippen LogP contribution in [0.1, 0.15) is 76.8 Å². The number of benzene rings is 2. The Morgan fingerprint density at radius 2 is 1.53 bits per heavy atom. The number of hydrogen-bond acceptors (Lipinski definition) is 4. The van der Waals surface area contributed by atoms with Crippen LogP contribution >= 0.6 is 0 Å². The number of ether oxygens (including phenoxy) is 1. The van der Waals surface area contributed by atoms with E-state index in [1.54, 1.807) is 0 Å². The van der Waals surface area contributed by atoms with Gasteiger partial charge < -0.3 is 4.74 Å². The molecule has 4 rings (SSSR count). The second-order valence-electron chi connectivity index (χ2n) is 9.94. The number of hydrogen-bond donors (Lipinski definition) is 1. The molecule has 2 aromatic carbocycles. The summed E-state index contributed by atoms with van der Waals surface area (Å²) in [5.41, 5.74) is 0.444. The van der Waals surface area contributed by atoms with Gasteiger partial charge in [0.2, 0.25) is 0 Å². The van der Waals surface area contributed by atoms with Crippen molar-refractivity contribution in [2.45, 2.75) is 82.9 Å². The molecule has 1 N–H and O–H groups in total. The van der Waals surface area contributed by atoms with E-state index < -0.39 is 17.2 Å². The topological polar surface area (TPSA) is 58.6 Å². The van der Waals surface area contributed by atoms with Gasteiger partial charge in [-0.05, 0) is 45.2 Å². The Bertz CT molecular complexity index is 958. The van der Waals surface area contributed by atoms with Crippen molar-refractivity contribution in [1.82, 2.24) is 5.32 Å². The molecule has 5 nitrogen and oxygen atoms in total. The Morgan fingerprint density at radius 1 is 0.938 bits per heavy atom. The lowest BCUT2D eigenvalue weighted by Gasteiger charge is -2.35. The number of nitrogens with zero attached hydrogens (tertiary/aromatic N) is 1. The minimum absolute atomic E-state index is 0.200. The number of fused-ring (bicyclic) bond motifs is 1. The van der Waals surface area contributed by atoms with Crippen LogP contribution < -0.4 is 10.2 Å². The largest absolute Gasteiger partial charge is 0.443 e. The van der Waals surface area contributed by atoms with Crippen LogP contribution in [-0.4, -0.2) is 23.6 Å². The number of imide groups is 1. The van der Waals surface area contributed by atoms with Crippen LogP contribution in [0.25, 0.3) is 0 Å². The van der Waals surface area contributed by atoms with Crippen molar-refractivity contribution >= 4 is 17.7 Å². The lowest BCUT2D eigenvalue weighted by Crippen LogP contribution is -2.56. The van der Waals surface area contributed by atoms with E-state index in [9.17, 15) is 9.59 Å². The van der Waals surface area contributed by atoms with Crippen molar-refractivity contribution in [3.63, 3.8) is 0 Å². The molecule has 5 heteroatoms. The van der Waals surface area contributed by atoms with Crippen molar-refractivity contribution in [3.8, 4) is 0 Å². The van der Waals surface area contributed by atoms with E-state index >= 15 is 0 Å². The number of amides is 2. The molecule has 2 aliphatic rings. The zero-order valence-electron chi connectivity index (χ0n) is 19.4. The van der Waals surface area contributed by atoms with E-state index in [0.717, 1.165) is 36.8 Å². The average Bonchev–Trinajstić information content (AvgIpc) is 2.98. The number of carbonyl (C=O) groups is 2. The van der Waals surface area contributed by atoms with Gasteiger partial charge in [0.25, 0.3) is 5.91 Å². The highest BCUT2D eigenvalue weighted by Crippen LogP contribution is 2.45. The molecular weight excluding hydrogens is 400 g/mol. The summed E-state index contributed by atoms with van der Waals surface area (Å²) < 4.78 is 5.64. The smallest absolute Gasteiger partial charge is 0.421 e.